The summed E-state index contributed by atoms with van der Waals surface area (Å²) < 4.78 is 0. The van der Waals surface area contributed by atoms with E-state index in [1.165, 1.54) is 0 Å². The van der Waals surface area contributed by atoms with Crippen LogP contribution in [0.4, 0.5) is 0 Å². The Morgan fingerprint density at radius 3 is 2.75 bits per heavy atom. The van der Waals surface area contributed by atoms with E-state index in [4.69, 9.17) is 5.73 Å². The molecule has 2 aromatic carbocycles. The summed E-state index contributed by atoms with van der Waals surface area (Å²) in [6.07, 6.45) is 1.77. The van der Waals surface area contributed by atoms with E-state index in [2.05, 4.69) is 4.98 Å². The van der Waals surface area contributed by atoms with Crippen molar-refractivity contribution in [3.05, 3.63) is 71.4 Å². The highest BCUT2D eigenvalue weighted by Crippen LogP contribution is 2.29. The molecule has 0 bridgehead atoms. The van der Waals surface area contributed by atoms with E-state index in [0.717, 1.165) is 27.6 Å². The highest BCUT2D eigenvalue weighted by molar-refractivity contribution is 5.79. The molecular formula is C17H16N2O. The predicted molar refractivity (Wildman–Crippen MR) is 80.6 cm³/mol. The lowest BCUT2D eigenvalue weighted by atomic mass is 9.97. The van der Waals surface area contributed by atoms with Gasteiger partial charge in [-0.25, -0.2) is 0 Å². The van der Waals surface area contributed by atoms with Gasteiger partial charge >= 0.3 is 0 Å². The number of aryl methyl sites for hydroxylation is 1. The van der Waals surface area contributed by atoms with E-state index in [1.807, 2.05) is 49.4 Å². The van der Waals surface area contributed by atoms with Gasteiger partial charge in [-0.05, 0) is 30.7 Å². The molecule has 0 spiro atoms. The van der Waals surface area contributed by atoms with Crippen LogP contribution in [0.5, 0.6) is 5.75 Å². The molecule has 1 aromatic heterocycles. The quantitative estimate of drug-likeness (QED) is 0.746. The first-order chi connectivity index (χ1) is 9.65. The van der Waals surface area contributed by atoms with Crippen molar-refractivity contribution in [1.29, 1.82) is 0 Å². The van der Waals surface area contributed by atoms with Crippen LogP contribution in [-0.4, -0.2) is 10.1 Å². The van der Waals surface area contributed by atoms with Crippen LogP contribution in [0, 0.1) is 6.92 Å². The number of benzene rings is 2. The van der Waals surface area contributed by atoms with Crippen molar-refractivity contribution in [2.75, 3.05) is 0 Å². The van der Waals surface area contributed by atoms with E-state index < -0.39 is 0 Å². The Hall–Kier alpha value is -2.39. The second-order valence-electron chi connectivity index (χ2n) is 5.00. The molecule has 3 rings (SSSR count). The lowest BCUT2D eigenvalue weighted by Crippen LogP contribution is -2.12. The Morgan fingerprint density at radius 1 is 1.10 bits per heavy atom. The lowest BCUT2D eigenvalue weighted by molar-refractivity contribution is 0.465. The van der Waals surface area contributed by atoms with E-state index in [0.29, 0.717) is 0 Å². The molecule has 0 saturated heterocycles. The maximum Gasteiger partial charge on any atom is 0.120 e. The first kappa shape index (κ1) is 12.6. The molecule has 3 aromatic rings. The number of aromatic hydroxyl groups is 1. The smallest absolute Gasteiger partial charge is 0.120 e. The zero-order valence-corrected chi connectivity index (χ0v) is 11.2. The van der Waals surface area contributed by atoms with Gasteiger partial charge in [0.15, 0.2) is 0 Å². The minimum absolute atomic E-state index is 0.219. The fraction of sp³-hybridized carbons (Fsp3) is 0.118. The van der Waals surface area contributed by atoms with Crippen molar-refractivity contribution in [3.8, 4) is 5.75 Å². The molecule has 3 nitrogen and oxygen atoms in total. The number of hydrogen-bond acceptors (Lipinski definition) is 3. The largest absolute Gasteiger partial charge is 0.508 e. The Balaban J connectivity index is 2.07. The average molecular weight is 264 g/mol. The van der Waals surface area contributed by atoms with Crippen LogP contribution in [0.15, 0.2) is 54.7 Å². The fourth-order valence-corrected chi connectivity index (χ4v) is 2.36. The monoisotopic (exact) mass is 264 g/mol. The molecule has 0 radical (unpaired) electrons. The van der Waals surface area contributed by atoms with Gasteiger partial charge in [-0.1, -0.05) is 35.9 Å². The Labute approximate surface area is 117 Å². The summed E-state index contributed by atoms with van der Waals surface area (Å²) in [6, 6.07) is 15.0. The van der Waals surface area contributed by atoms with Gasteiger partial charge in [0, 0.05) is 17.1 Å². The van der Waals surface area contributed by atoms with Gasteiger partial charge < -0.3 is 10.8 Å². The third-order valence-electron chi connectivity index (χ3n) is 3.49. The van der Waals surface area contributed by atoms with Crippen LogP contribution in [-0.2, 0) is 0 Å². The van der Waals surface area contributed by atoms with Crippen molar-refractivity contribution in [3.63, 3.8) is 0 Å². The molecule has 3 heteroatoms. The molecule has 20 heavy (non-hydrogen) atoms. The van der Waals surface area contributed by atoms with Crippen LogP contribution in [0.1, 0.15) is 22.7 Å². The Kier molecular flexibility index (Phi) is 3.12. The van der Waals surface area contributed by atoms with Crippen LogP contribution in [0.25, 0.3) is 10.9 Å². The van der Waals surface area contributed by atoms with Gasteiger partial charge in [-0.3, -0.25) is 4.98 Å². The summed E-state index contributed by atoms with van der Waals surface area (Å²) in [4.78, 5) is 4.42. The van der Waals surface area contributed by atoms with Crippen molar-refractivity contribution >= 4 is 10.9 Å². The number of phenolic OH excluding ortho intramolecular Hbond substituents is 1. The zero-order chi connectivity index (χ0) is 14.1. The SMILES string of the molecule is Cc1ccc(O)c(C(N)c2cnc3ccccc3c2)c1. The summed E-state index contributed by atoms with van der Waals surface area (Å²) in [5, 5.41) is 11.0. The molecule has 0 fully saturated rings. The van der Waals surface area contributed by atoms with Gasteiger partial charge in [-0.15, -0.1) is 0 Å². The molecule has 1 unspecified atom stereocenters. The third kappa shape index (κ3) is 2.24. The molecule has 1 atom stereocenters. The third-order valence-corrected chi connectivity index (χ3v) is 3.49. The molecule has 0 aliphatic rings. The second-order valence-corrected chi connectivity index (χ2v) is 5.00. The Bertz CT molecular complexity index is 768. The topological polar surface area (TPSA) is 59.1 Å². The number of phenols is 1. The highest BCUT2D eigenvalue weighted by atomic mass is 16.3. The number of aromatic nitrogens is 1. The number of nitrogens with two attached hydrogens (primary N) is 1. The number of pyridine rings is 1. The normalized spacial score (nSPS) is 12.5. The minimum Gasteiger partial charge on any atom is -0.508 e. The van der Waals surface area contributed by atoms with Gasteiger partial charge in [0.1, 0.15) is 5.75 Å². The first-order valence-corrected chi connectivity index (χ1v) is 6.55. The van der Waals surface area contributed by atoms with Crippen molar-refractivity contribution in [2.45, 2.75) is 13.0 Å². The molecule has 0 amide bonds. The first-order valence-electron chi connectivity index (χ1n) is 6.55. The van der Waals surface area contributed by atoms with Gasteiger partial charge in [0.25, 0.3) is 0 Å². The molecule has 0 saturated carbocycles. The van der Waals surface area contributed by atoms with Gasteiger partial charge in [-0.2, -0.15) is 0 Å². The van der Waals surface area contributed by atoms with Crippen LogP contribution < -0.4 is 5.73 Å². The van der Waals surface area contributed by atoms with Crippen molar-refractivity contribution in [2.24, 2.45) is 5.73 Å². The zero-order valence-electron chi connectivity index (χ0n) is 11.2. The molecule has 3 N–H and O–H groups in total. The second kappa shape index (κ2) is 4.94. The molecule has 0 aliphatic carbocycles. The van der Waals surface area contributed by atoms with Gasteiger partial charge in [0.2, 0.25) is 0 Å². The molecule has 1 heterocycles. The minimum atomic E-state index is -0.382. The number of fused-ring (bicyclic) bond motifs is 1. The van der Waals surface area contributed by atoms with Crippen LogP contribution in [0.2, 0.25) is 0 Å². The number of para-hydroxylation sites is 1. The summed E-state index contributed by atoms with van der Waals surface area (Å²) in [7, 11) is 0. The standard InChI is InChI=1S/C17H16N2O/c1-11-6-7-16(20)14(8-11)17(18)13-9-12-4-2-3-5-15(12)19-10-13/h2-10,17,20H,18H2,1H3. The van der Waals surface area contributed by atoms with Crippen molar-refractivity contribution in [1.82, 2.24) is 4.98 Å². The van der Waals surface area contributed by atoms with Crippen LogP contribution >= 0.6 is 0 Å². The number of hydrogen-bond donors (Lipinski definition) is 2. The van der Waals surface area contributed by atoms with Crippen LogP contribution in [0.3, 0.4) is 0 Å². The van der Waals surface area contributed by atoms with E-state index in [1.54, 1.807) is 12.3 Å². The van der Waals surface area contributed by atoms with Gasteiger partial charge in [0.05, 0.1) is 11.6 Å². The van der Waals surface area contributed by atoms with E-state index >= 15 is 0 Å². The predicted octanol–water partition coefficient (Wildman–Crippen LogP) is 3.30. The Morgan fingerprint density at radius 2 is 1.90 bits per heavy atom. The summed E-state index contributed by atoms with van der Waals surface area (Å²) in [5.41, 5.74) is 9.91. The van der Waals surface area contributed by atoms with Crippen molar-refractivity contribution < 1.29 is 5.11 Å². The highest BCUT2D eigenvalue weighted by Gasteiger charge is 2.14. The lowest BCUT2D eigenvalue weighted by Gasteiger charge is -2.15. The molecule has 0 aliphatic heterocycles. The average Bonchev–Trinajstić information content (AvgIpc) is 2.48. The summed E-state index contributed by atoms with van der Waals surface area (Å²) in [5.74, 6) is 0.219. The maximum absolute atomic E-state index is 9.98. The number of nitrogens with zero attached hydrogens (tertiary/aromatic N) is 1. The summed E-state index contributed by atoms with van der Waals surface area (Å²) >= 11 is 0. The van der Waals surface area contributed by atoms with E-state index in [9.17, 15) is 5.11 Å². The molecule has 100 valence electrons. The fourth-order valence-electron chi connectivity index (χ4n) is 2.36. The maximum atomic E-state index is 9.98. The molecular weight excluding hydrogens is 248 g/mol. The van der Waals surface area contributed by atoms with E-state index in [-0.39, 0.29) is 11.8 Å². The summed E-state index contributed by atoms with van der Waals surface area (Å²) in [6.45, 7) is 1.98. The number of rotatable bonds is 2.